The lowest BCUT2D eigenvalue weighted by atomic mass is 10.4. The van der Waals surface area contributed by atoms with Crippen LogP contribution in [0.3, 0.4) is 0 Å². The van der Waals surface area contributed by atoms with Crippen molar-refractivity contribution in [1.29, 1.82) is 0 Å². The molecule has 9 nitrogen and oxygen atoms in total. The fourth-order valence-corrected chi connectivity index (χ4v) is 1.08. The van der Waals surface area contributed by atoms with Crippen molar-refractivity contribution in [1.82, 2.24) is 30.6 Å². The number of tetrazole rings is 1. The lowest BCUT2D eigenvalue weighted by Gasteiger charge is -2.03. The molecule has 2 aromatic rings. The predicted molar refractivity (Wildman–Crippen MR) is 54.9 cm³/mol. The lowest BCUT2D eigenvalue weighted by Crippen LogP contribution is -2.09. The molecule has 2 heterocycles. The predicted octanol–water partition coefficient (Wildman–Crippen LogP) is -0.612. The molecule has 2 rings (SSSR count). The summed E-state index contributed by atoms with van der Waals surface area (Å²) in [5.41, 5.74) is 0.130. The van der Waals surface area contributed by atoms with Gasteiger partial charge in [-0.25, -0.2) is 9.78 Å². The molecule has 17 heavy (non-hydrogen) atoms. The zero-order valence-electron chi connectivity index (χ0n) is 8.91. The number of nitrogens with one attached hydrogen (secondary N) is 2. The minimum Gasteiger partial charge on any atom is -0.464 e. The van der Waals surface area contributed by atoms with Gasteiger partial charge in [0.05, 0.1) is 26.0 Å². The largest absolute Gasteiger partial charge is 0.464 e. The van der Waals surface area contributed by atoms with Gasteiger partial charge in [0.1, 0.15) is 5.82 Å². The van der Waals surface area contributed by atoms with Gasteiger partial charge in [-0.3, -0.25) is 4.98 Å². The van der Waals surface area contributed by atoms with Crippen LogP contribution in [-0.4, -0.2) is 43.7 Å². The van der Waals surface area contributed by atoms with Crippen LogP contribution in [0.15, 0.2) is 12.4 Å². The number of nitrogens with zero attached hydrogens (tertiary/aromatic N) is 5. The summed E-state index contributed by atoms with van der Waals surface area (Å²) in [5.74, 6) is 0.369. The van der Waals surface area contributed by atoms with Gasteiger partial charge in [-0.15, -0.1) is 10.2 Å². The van der Waals surface area contributed by atoms with Crippen molar-refractivity contribution in [2.45, 2.75) is 6.54 Å². The monoisotopic (exact) mass is 235 g/mol. The molecule has 0 unspecified atom stereocenters. The molecule has 2 aromatic heterocycles. The first-order chi connectivity index (χ1) is 8.29. The van der Waals surface area contributed by atoms with Gasteiger partial charge < -0.3 is 10.1 Å². The summed E-state index contributed by atoms with van der Waals surface area (Å²) < 4.78 is 4.53. The van der Waals surface area contributed by atoms with Crippen LogP contribution in [0.4, 0.5) is 5.82 Å². The maximum absolute atomic E-state index is 11.2. The molecule has 0 atom stereocenters. The number of ether oxygens (including phenoxy) is 1. The Labute approximate surface area is 95.6 Å². The second-order valence-corrected chi connectivity index (χ2v) is 2.96. The van der Waals surface area contributed by atoms with E-state index in [2.05, 4.69) is 40.6 Å². The summed E-state index contributed by atoms with van der Waals surface area (Å²) >= 11 is 0. The van der Waals surface area contributed by atoms with E-state index in [0.717, 1.165) is 0 Å². The van der Waals surface area contributed by atoms with E-state index in [9.17, 15) is 4.79 Å². The molecule has 9 heteroatoms. The van der Waals surface area contributed by atoms with Crippen molar-refractivity contribution in [2.75, 3.05) is 12.4 Å². The molecule has 0 spiro atoms. The number of rotatable bonds is 4. The molecule has 2 N–H and O–H groups in total. The molecule has 0 aliphatic heterocycles. The molecule has 88 valence electrons. The zero-order valence-corrected chi connectivity index (χ0v) is 8.91. The van der Waals surface area contributed by atoms with E-state index in [4.69, 9.17) is 0 Å². The smallest absolute Gasteiger partial charge is 0.358 e. The summed E-state index contributed by atoms with van der Waals surface area (Å²) in [6.45, 7) is 0.329. The standard InChI is InChI=1S/C8H9N7O2/c1-17-8(16)5-2-9-3-6(11-5)10-4-7-12-14-15-13-7/h2-3H,4H2,1H3,(H,10,11)(H,12,13,14,15). The number of aromatic amines is 1. The molecule has 0 radical (unpaired) electrons. The first kappa shape index (κ1) is 10.9. The maximum atomic E-state index is 11.2. The highest BCUT2D eigenvalue weighted by Gasteiger charge is 2.08. The SMILES string of the molecule is COC(=O)c1cncc(NCc2nn[nH]n2)n1. The molecule has 0 saturated heterocycles. The Kier molecular flexibility index (Phi) is 3.19. The number of hydrogen-bond donors (Lipinski definition) is 2. The summed E-state index contributed by atoms with van der Waals surface area (Å²) in [4.78, 5) is 19.1. The van der Waals surface area contributed by atoms with Crippen LogP contribution in [0, 0.1) is 0 Å². The number of aromatic nitrogens is 6. The summed E-state index contributed by atoms with van der Waals surface area (Å²) in [7, 11) is 1.28. The Balaban J connectivity index is 2.03. The Morgan fingerprint density at radius 1 is 1.53 bits per heavy atom. The first-order valence-corrected chi connectivity index (χ1v) is 4.66. The molecule has 0 aliphatic carbocycles. The maximum Gasteiger partial charge on any atom is 0.358 e. The molecule has 0 aliphatic rings. The van der Waals surface area contributed by atoms with Crippen LogP contribution in [-0.2, 0) is 11.3 Å². The third-order valence-corrected chi connectivity index (χ3v) is 1.85. The summed E-state index contributed by atoms with van der Waals surface area (Å²) in [6.07, 6.45) is 2.80. The van der Waals surface area contributed by atoms with Crippen molar-refractivity contribution in [3.05, 3.63) is 23.9 Å². The molecular formula is C8H9N7O2. The highest BCUT2D eigenvalue weighted by Crippen LogP contribution is 2.04. The van der Waals surface area contributed by atoms with Gasteiger partial charge in [-0.05, 0) is 0 Å². The first-order valence-electron chi connectivity index (χ1n) is 4.66. The summed E-state index contributed by atoms with van der Waals surface area (Å²) in [6, 6.07) is 0. The molecule has 0 aromatic carbocycles. The van der Waals surface area contributed by atoms with Crippen molar-refractivity contribution in [3.63, 3.8) is 0 Å². The average Bonchev–Trinajstić information content (AvgIpc) is 2.89. The third-order valence-electron chi connectivity index (χ3n) is 1.85. The molecule has 0 bridgehead atoms. The van der Waals surface area contributed by atoms with Crippen molar-refractivity contribution < 1.29 is 9.53 Å². The van der Waals surface area contributed by atoms with Crippen LogP contribution < -0.4 is 5.32 Å². The lowest BCUT2D eigenvalue weighted by molar-refractivity contribution is 0.0593. The van der Waals surface area contributed by atoms with E-state index in [-0.39, 0.29) is 5.69 Å². The van der Waals surface area contributed by atoms with Crippen LogP contribution in [0.25, 0.3) is 0 Å². The second kappa shape index (κ2) is 4.96. The van der Waals surface area contributed by atoms with E-state index in [0.29, 0.717) is 18.2 Å². The Morgan fingerprint density at radius 3 is 3.12 bits per heavy atom. The number of methoxy groups -OCH3 is 1. The van der Waals surface area contributed by atoms with E-state index < -0.39 is 5.97 Å². The molecule has 0 saturated carbocycles. The minimum atomic E-state index is -0.541. The fourth-order valence-electron chi connectivity index (χ4n) is 1.08. The minimum absolute atomic E-state index is 0.130. The van der Waals surface area contributed by atoms with Gasteiger partial charge >= 0.3 is 5.97 Å². The van der Waals surface area contributed by atoms with Gasteiger partial charge in [0.2, 0.25) is 0 Å². The topological polar surface area (TPSA) is 119 Å². The van der Waals surface area contributed by atoms with E-state index in [1.54, 1.807) is 0 Å². The van der Waals surface area contributed by atoms with Crippen LogP contribution in [0.1, 0.15) is 16.3 Å². The third kappa shape index (κ3) is 2.71. The number of esters is 1. The number of hydrogen-bond acceptors (Lipinski definition) is 8. The van der Waals surface area contributed by atoms with Gasteiger partial charge in [0, 0.05) is 0 Å². The average molecular weight is 235 g/mol. The van der Waals surface area contributed by atoms with Gasteiger partial charge in [0.25, 0.3) is 0 Å². The van der Waals surface area contributed by atoms with Crippen LogP contribution >= 0.6 is 0 Å². The van der Waals surface area contributed by atoms with Gasteiger partial charge in [-0.2, -0.15) is 5.21 Å². The van der Waals surface area contributed by atoms with Gasteiger partial charge in [0.15, 0.2) is 11.5 Å². The van der Waals surface area contributed by atoms with Crippen molar-refractivity contribution >= 4 is 11.8 Å². The quantitative estimate of drug-likeness (QED) is 0.673. The Hall–Kier alpha value is -2.58. The molecule has 0 fully saturated rings. The molecule has 0 amide bonds. The molecular weight excluding hydrogens is 226 g/mol. The number of anilines is 1. The number of carbonyl (C=O) groups is 1. The number of H-pyrrole nitrogens is 1. The second-order valence-electron chi connectivity index (χ2n) is 2.96. The van der Waals surface area contributed by atoms with E-state index >= 15 is 0 Å². The summed E-state index contributed by atoms with van der Waals surface area (Å²) in [5, 5.41) is 16.1. The fraction of sp³-hybridized carbons (Fsp3) is 0.250. The highest BCUT2D eigenvalue weighted by atomic mass is 16.5. The van der Waals surface area contributed by atoms with Crippen molar-refractivity contribution in [2.24, 2.45) is 0 Å². The zero-order chi connectivity index (χ0) is 12.1. The Morgan fingerprint density at radius 2 is 2.41 bits per heavy atom. The normalized spacial score (nSPS) is 9.94. The van der Waals surface area contributed by atoms with Crippen LogP contribution in [0.5, 0.6) is 0 Å². The van der Waals surface area contributed by atoms with E-state index in [1.807, 2.05) is 0 Å². The van der Waals surface area contributed by atoms with E-state index in [1.165, 1.54) is 19.5 Å². The Bertz CT molecular complexity index is 498. The number of carbonyl (C=O) groups excluding carboxylic acids is 1. The van der Waals surface area contributed by atoms with Crippen molar-refractivity contribution in [3.8, 4) is 0 Å². The van der Waals surface area contributed by atoms with Crippen LogP contribution in [0.2, 0.25) is 0 Å². The van der Waals surface area contributed by atoms with Gasteiger partial charge in [-0.1, -0.05) is 5.21 Å². The highest BCUT2D eigenvalue weighted by molar-refractivity contribution is 5.87.